The molecule has 0 aliphatic carbocycles. The van der Waals surface area contributed by atoms with Crippen molar-refractivity contribution in [1.29, 1.82) is 0 Å². The van der Waals surface area contributed by atoms with Gasteiger partial charge in [-0.3, -0.25) is 0 Å². The molecule has 1 aromatic heterocycles. The molecule has 2 heteroatoms. The highest BCUT2D eigenvalue weighted by Crippen LogP contribution is 2.16. The summed E-state index contributed by atoms with van der Waals surface area (Å²) in [4.78, 5) is 2.56. The van der Waals surface area contributed by atoms with Crippen LogP contribution in [0, 0.1) is 25.7 Å². The van der Waals surface area contributed by atoms with Crippen LogP contribution in [0.4, 0.5) is 0 Å². The molecule has 0 amide bonds. The Morgan fingerprint density at radius 3 is 2.31 bits per heavy atom. The Morgan fingerprint density at radius 1 is 1.06 bits per heavy atom. The summed E-state index contributed by atoms with van der Waals surface area (Å²) in [5.41, 5.74) is 3.78. The zero-order valence-electron chi connectivity index (χ0n) is 9.79. The number of hydrogen-bond donors (Lipinski definition) is 0. The van der Waals surface area contributed by atoms with Crippen molar-refractivity contribution in [2.75, 3.05) is 0 Å². The maximum atomic E-state index is 3.26. The van der Waals surface area contributed by atoms with Gasteiger partial charge in [-0.15, -0.1) is 11.3 Å². The minimum atomic E-state index is 1.07. The lowest BCUT2D eigenvalue weighted by Gasteiger charge is -1.90. The second-order valence-electron chi connectivity index (χ2n) is 3.85. The van der Waals surface area contributed by atoms with Crippen LogP contribution >= 0.6 is 11.3 Å². The Labute approximate surface area is 102 Å². The summed E-state index contributed by atoms with van der Waals surface area (Å²) in [6.45, 7) is 4.30. The molecule has 0 saturated heterocycles. The van der Waals surface area contributed by atoms with Gasteiger partial charge < -0.3 is 0 Å². The third kappa shape index (κ3) is 2.20. The summed E-state index contributed by atoms with van der Waals surface area (Å²) in [6, 6.07) is 10.1. The van der Waals surface area contributed by atoms with Crippen LogP contribution in [0.2, 0.25) is 0 Å². The summed E-state index contributed by atoms with van der Waals surface area (Å²) >= 11 is 1.79. The van der Waals surface area contributed by atoms with Gasteiger partial charge in [-0.1, -0.05) is 35.5 Å². The van der Waals surface area contributed by atoms with Crippen molar-refractivity contribution in [3.8, 4) is 11.8 Å². The van der Waals surface area contributed by atoms with E-state index in [1.54, 1.807) is 11.3 Å². The summed E-state index contributed by atoms with van der Waals surface area (Å²) in [6.07, 6.45) is 0. The lowest BCUT2D eigenvalue weighted by Crippen LogP contribution is -2.05. The largest absolute Gasteiger partial charge is 0.141 e. The Morgan fingerprint density at radius 2 is 1.75 bits per heavy atom. The molecule has 0 nitrogen and oxygen atoms in total. The first-order valence-corrected chi connectivity index (χ1v) is 6.14. The summed E-state index contributed by atoms with van der Waals surface area (Å²) in [7, 11) is 2.16. The van der Waals surface area contributed by atoms with E-state index in [9.17, 15) is 0 Å². The van der Waals surface area contributed by atoms with E-state index in [1.165, 1.54) is 20.8 Å². The monoisotopic (exact) mass is 224 g/mol. The molecular weight excluding hydrogens is 211 g/mol. The quantitative estimate of drug-likeness (QED) is 0.474. The number of hydrogen-bond acceptors (Lipinski definition) is 1. The van der Waals surface area contributed by atoms with Crippen LogP contribution in [0.25, 0.3) is 0 Å². The number of thiophene rings is 1. The maximum Gasteiger partial charge on any atom is 0.141 e. The molecule has 0 aliphatic heterocycles. The Bertz CT molecular complexity index is 556. The van der Waals surface area contributed by atoms with Crippen molar-refractivity contribution < 1.29 is 0 Å². The molecule has 0 saturated carbocycles. The second kappa shape index (κ2) is 4.59. The van der Waals surface area contributed by atoms with Crippen molar-refractivity contribution in [2.24, 2.45) is 0 Å². The van der Waals surface area contributed by atoms with E-state index in [0.29, 0.717) is 0 Å². The van der Waals surface area contributed by atoms with Crippen molar-refractivity contribution in [3.63, 3.8) is 0 Å². The molecule has 0 aliphatic rings. The highest BCUT2D eigenvalue weighted by molar-refractivity contribution is 7.13. The van der Waals surface area contributed by atoms with Crippen LogP contribution in [0.3, 0.4) is 0 Å². The fourth-order valence-corrected chi connectivity index (χ4v) is 2.53. The summed E-state index contributed by atoms with van der Waals surface area (Å²) < 4.78 is 0. The fourth-order valence-electron chi connectivity index (χ4n) is 1.51. The van der Waals surface area contributed by atoms with Crippen molar-refractivity contribution >= 4 is 24.6 Å². The predicted molar refractivity (Wildman–Crippen MR) is 74.4 cm³/mol. The van der Waals surface area contributed by atoms with Gasteiger partial charge >= 0.3 is 0 Å². The third-order valence-corrected chi connectivity index (χ3v) is 4.01. The van der Waals surface area contributed by atoms with Gasteiger partial charge in [-0.05, 0) is 36.4 Å². The van der Waals surface area contributed by atoms with Gasteiger partial charge in [0, 0.05) is 5.56 Å². The van der Waals surface area contributed by atoms with Crippen molar-refractivity contribution in [3.05, 3.63) is 51.2 Å². The number of aryl methyl sites for hydroxylation is 1. The molecule has 2 aromatic rings. The van der Waals surface area contributed by atoms with E-state index in [0.717, 1.165) is 5.56 Å². The van der Waals surface area contributed by atoms with Gasteiger partial charge in [0.25, 0.3) is 0 Å². The first-order chi connectivity index (χ1) is 7.68. The minimum Gasteiger partial charge on any atom is -0.132 e. The van der Waals surface area contributed by atoms with Gasteiger partial charge in [-0.2, -0.15) is 0 Å². The fraction of sp³-hybridized carbons (Fsp3) is 0.143. The van der Waals surface area contributed by atoms with Gasteiger partial charge in [0.1, 0.15) is 7.85 Å². The molecule has 0 radical (unpaired) electrons. The Hall–Kier alpha value is -1.46. The average molecular weight is 224 g/mol. The van der Waals surface area contributed by atoms with Gasteiger partial charge in [-0.25, -0.2) is 0 Å². The molecule has 16 heavy (non-hydrogen) atoms. The molecule has 1 heterocycles. The molecule has 0 fully saturated rings. The predicted octanol–water partition coefficient (Wildman–Crippen LogP) is 2.02. The van der Waals surface area contributed by atoms with Crippen LogP contribution in [-0.2, 0) is 0 Å². The molecule has 78 valence electrons. The summed E-state index contributed by atoms with van der Waals surface area (Å²) in [5.74, 6) is 6.46. The molecule has 0 unspecified atom stereocenters. The molecule has 1 aromatic carbocycles. The highest BCUT2D eigenvalue weighted by atomic mass is 32.1. The van der Waals surface area contributed by atoms with Crippen LogP contribution < -0.4 is 5.46 Å². The zero-order valence-corrected chi connectivity index (χ0v) is 10.6. The van der Waals surface area contributed by atoms with Crippen LogP contribution in [0.1, 0.15) is 20.9 Å². The Balaban J connectivity index is 2.35. The maximum absolute atomic E-state index is 3.26. The van der Waals surface area contributed by atoms with Crippen LogP contribution in [0.5, 0.6) is 0 Å². The minimum absolute atomic E-state index is 1.07. The van der Waals surface area contributed by atoms with Gasteiger partial charge in [0.05, 0.1) is 4.88 Å². The van der Waals surface area contributed by atoms with E-state index >= 15 is 0 Å². The van der Waals surface area contributed by atoms with Crippen molar-refractivity contribution in [2.45, 2.75) is 13.8 Å². The molecule has 0 N–H and O–H groups in total. The molecule has 0 atom stereocenters. The average Bonchev–Trinajstić information content (AvgIpc) is 2.56. The SMILES string of the molecule is Bc1c(C)sc(C#Cc2ccccc2)c1C. The van der Waals surface area contributed by atoms with E-state index in [2.05, 4.69) is 33.5 Å². The van der Waals surface area contributed by atoms with Gasteiger partial charge in [0.2, 0.25) is 0 Å². The topological polar surface area (TPSA) is 0 Å². The second-order valence-corrected chi connectivity index (χ2v) is 5.08. The molecule has 0 bridgehead atoms. The van der Waals surface area contributed by atoms with Crippen LogP contribution in [-0.4, -0.2) is 7.85 Å². The van der Waals surface area contributed by atoms with E-state index < -0.39 is 0 Å². The number of rotatable bonds is 0. The third-order valence-electron chi connectivity index (χ3n) is 2.78. The normalized spacial score (nSPS) is 9.62. The van der Waals surface area contributed by atoms with E-state index in [4.69, 9.17) is 0 Å². The smallest absolute Gasteiger partial charge is 0.132 e. The molecule has 2 rings (SSSR count). The lowest BCUT2D eigenvalue weighted by molar-refractivity contribution is 1.54. The molecule has 0 spiro atoms. The standard InChI is InChI=1S/C14H13BS/c1-10-13(16-11(2)14(10)15)9-8-12-6-4-3-5-7-12/h3-7H,15H2,1-2H3. The highest BCUT2D eigenvalue weighted by Gasteiger charge is 2.05. The first kappa shape index (κ1) is 11.0. The summed E-state index contributed by atoms with van der Waals surface area (Å²) in [5, 5.41) is 0. The van der Waals surface area contributed by atoms with Gasteiger partial charge in [0.15, 0.2) is 0 Å². The lowest BCUT2D eigenvalue weighted by atomic mass is 9.92. The molecular formula is C14H13BS. The Kier molecular flexibility index (Phi) is 3.17. The number of benzene rings is 1. The van der Waals surface area contributed by atoms with Crippen molar-refractivity contribution in [1.82, 2.24) is 0 Å². The van der Waals surface area contributed by atoms with E-state index in [-0.39, 0.29) is 0 Å². The zero-order chi connectivity index (χ0) is 11.5. The van der Waals surface area contributed by atoms with E-state index in [1.807, 2.05) is 30.3 Å². The van der Waals surface area contributed by atoms with Crippen LogP contribution in [0.15, 0.2) is 30.3 Å². The first-order valence-electron chi connectivity index (χ1n) is 5.32.